The largest absolute Gasteiger partial charge is 0.395 e. The maximum absolute atomic E-state index is 11.3. The molecule has 2 atom stereocenters. The summed E-state index contributed by atoms with van der Waals surface area (Å²) in [6.07, 6.45) is 0.644. The van der Waals surface area contributed by atoms with E-state index in [1.54, 1.807) is 0 Å². The summed E-state index contributed by atoms with van der Waals surface area (Å²) in [4.78, 5) is 13.4. The van der Waals surface area contributed by atoms with Crippen LogP contribution >= 0.6 is 0 Å². The summed E-state index contributed by atoms with van der Waals surface area (Å²) in [5, 5.41) is 8.76. The van der Waals surface area contributed by atoms with Gasteiger partial charge in [0.1, 0.15) is 5.78 Å². The third-order valence-corrected chi connectivity index (χ3v) is 2.84. The van der Waals surface area contributed by atoms with Crippen molar-refractivity contribution in [1.82, 2.24) is 4.90 Å². The van der Waals surface area contributed by atoms with Crippen molar-refractivity contribution in [1.29, 1.82) is 0 Å². The summed E-state index contributed by atoms with van der Waals surface area (Å²) < 4.78 is 0. The zero-order valence-corrected chi connectivity index (χ0v) is 7.79. The standard InChI is InChI=1S/C9H17NO2/c1-7-8(2)10(5-6-11)4-3-9(7)12/h7-8,11H,3-6H2,1-2H3/t7-,8+/m1/s1. The molecule has 70 valence electrons. The number of hydrogen-bond acceptors (Lipinski definition) is 3. The summed E-state index contributed by atoms with van der Waals surface area (Å²) in [6.45, 7) is 5.71. The molecule has 1 heterocycles. The van der Waals surface area contributed by atoms with Gasteiger partial charge in [-0.05, 0) is 6.92 Å². The highest BCUT2D eigenvalue weighted by atomic mass is 16.3. The average Bonchev–Trinajstić information content (AvgIpc) is 2.07. The third-order valence-electron chi connectivity index (χ3n) is 2.84. The SMILES string of the molecule is C[C@H]1C(=O)CCN(CCO)[C@H]1C. The minimum absolute atomic E-state index is 0.130. The molecule has 0 aromatic heterocycles. The van der Waals surface area contributed by atoms with Gasteiger partial charge in [-0.25, -0.2) is 0 Å². The van der Waals surface area contributed by atoms with E-state index in [2.05, 4.69) is 11.8 Å². The molecule has 0 radical (unpaired) electrons. The van der Waals surface area contributed by atoms with Crippen molar-refractivity contribution in [3.63, 3.8) is 0 Å². The second-order valence-electron chi connectivity index (χ2n) is 3.51. The molecular formula is C9H17NO2. The fourth-order valence-corrected chi connectivity index (χ4v) is 1.71. The highest BCUT2D eigenvalue weighted by Gasteiger charge is 2.29. The molecule has 0 aliphatic carbocycles. The molecular weight excluding hydrogens is 154 g/mol. The number of rotatable bonds is 2. The van der Waals surface area contributed by atoms with Gasteiger partial charge in [0.25, 0.3) is 0 Å². The first-order valence-electron chi connectivity index (χ1n) is 4.54. The van der Waals surface area contributed by atoms with Crippen LogP contribution in [-0.2, 0) is 4.79 Å². The maximum Gasteiger partial charge on any atom is 0.138 e. The number of hydrogen-bond donors (Lipinski definition) is 1. The topological polar surface area (TPSA) is 40.5 Å². The van der Waals surface area contributed by atoms with E-state index in [4.69, 9.17) is 5.11 Å². The van der Waals surface area contributed by atoms with E-state index >= 15 is 0 Å². The summed E-state index contributed by atoms with van der Waals surface area (Å²) in [7, 11) is 0. The number of ketones is 1. The summed E-state index contributed by atoms with van der Waals surface area (Å²) in [5.41, 5.74) is 0. The molecule has 1 N–H and O–H groups in total. The number of aliphatic hydroxyl groups is 1. The number of Topliss-reactive ketones (excluding diaryl/α,β-unsaturated/α-hetero) is 1. The van der Waals surface area contributed by atoms with Gasteiger partial charge >= 0.3 is 0 Å². The van der Waals surface area contributed by atoms with Gasteiger partial charge in [-0.2, -0.15) is 0 Å². The van der Waals surface area contributed by atoms with Crippen LogP contribution in [0.1, 0.15) is 20.3 Å². The van der Waals surface area contributed by atoms with Gasteiger partial charge in [0.15, 0.2) is 0 Å². The molecule has 1 aliphatic heterocycles. The molecule has 1 aliphatic rings. The Labute approximate surface area is 73.4 Å². The van der Waals surface area contributed by atoms with Crippen LogP contribution in [-0.4, -0.2) is 41.5 Å². The summed E-state index contributed by atoms with van der Waals surface area (Å²) in [5.74, 6) is 0.488. The van der Waals surface area contributed by atoms with E-state index in [0.29, 0.717) is 24.8 Å². The zero-order valence-electron chi connectivity index (χ0n) is 7.79. The van der Waals surface area contributed by atoms with Gasteiger partial charge in [0.05, 0.1) is 6.61 Å². The number of carbonyl (C=O) groups excluding carboxylic acids is 1. The van der Waals surface area contributed by atoms with E-state index in [9.17, 15) is 4.79 Å². The highest BCUT2D eigenvalue weighted by Crippen LogP contribution is 2.19. The van der Waals surface area contributed by atoms with Gasteiger partial charge in [-0.3, -0.25) is 9.69 Å². The summed E-state index contributed by atoms with van der Waals surface area (Å²) in [6, 6.07) is 0.290. The summed E-state index contributed by atoms with van der Waals surface area (Å²) >= 11 is 0. The fourth-order valence-electron chi connectivity index (χ4n) is 1.71. The van der Waals surface area contributed by atoms with Crippen molar-refractivity contribution in [2.45, 2.75) is 26.3 Å². The van der Waals surface area contributed by atoms with Crippen LogP contribution in [0.3, 0.4) is 0 Å². The molecule has 0 aromatic rings. The molecule has 1 rings (SSSR count). The number of piperidine rings is 1. The Morgan fingerprint density at radius 1 is 1.58 bits per heavy atom. The van der Waals surface area contributed by atoms with Crippen LogP contribution in [0.2, 0.25) is 0 Å². The molecule has 1 saturated heterocycles. The Hall–Kier alpha value is -0.410. The lowest BCUT2D eigenvalue weighted by atomic mass is 9.91. The van der Waals surface area contributed by atoms with Gasteiger partial charge in [-0.1, -0.05) is 6.92 Å². The Kier molecular flexibility index (Phi) is 3.23. The average molecular weight is 171 g/mol. The monoisotopic (exact) mass is 171 g/mol. The van der Waals surface area contributed by atoms with Crippen LogP contribution in [0.4, 0.5) is 0 Å². The Bertz CT molecular complexity index is 170. The first-order valence-corrected chi connectivity index (χ1v) is 4.54. The van der Waals surface area contributed by atoms with E-state index in [-0.39, 0.29) is 12.5 Å². The smallest absolute Gasteiger partial charge is 0.138 e. The minimum Gasteiger partial charge on any atom is -0.395 e. The van der Waals surface area contributed by atoms with Crippen molar-refractivity contribution in [3.05, 3.63) is 0 Å². The van der Waals surface area contributed by atoms with E-state index in [1.807, 2.05) is 6.92 Å². The maximum atomic E-state index is 11.3. The van der Waals surface area contributed by atoms with Gasteiger partial charge < -0.3 is 5.11 Å². The highest BCUT2D eigenvalue weighted by molar-refractivity contribution is 5.82. The van der Waals surface area contributed by atoms with E-state index < -0.39 is 0 Å². The third kappa shape index (κ3) is 1.84. The van der Waals surface area contributed by atoms with Crippen molar-refractivity contribution < 1.29 is 9.90 Å². The molecule has 0 saturated carbocycles. The second-order valence-corrected chi connectivity index (χ2v) is 3.51. The number of carbonyl (C=O) groups is 1. The van der Waals surface area contributed by atoms with Gasteiger partial charge in [0.2, 0.25) is 0 Å². The van der Waals surface area contributed by atoms with Crippen LogP contribution in [0.15, 0.2) is 0 Å². The van der Waals surface area contributed by atoms with E-state index in [0.717, 1.165) is 6.54 Å². The molecule has 0 amide bonds. The first-order chi connectivity index (χ1) is 5.66. The lowest BCUT2D eigenvalue weighted by Crippen LogP contribution is -2.47. The normalized spacial score (nSPS) is 32.4. The fraction of sp³-hybridized carbons (Fsp3) is 0.889. The number of likely N-dealkylation sites (tertiary alicyclic amines) is 1. The van der Waals surface area contributed by atoms with Crippen LogP contribution in [0, 0.1) is 5.92 Å². The molecule has 3 heteroatoms. The molecule has 3 nitrogen and oxygen atoms in total. The Morgan fingerprint density at radius 2 is 2.25 bits per heavy atom. The van der Waals surface area contributed by atoms with Crippen molar-refractivity contribution >= 4 is 5.78 Å². The first kappa shape index (κ1) is 9.68. The zero-order chi connectivity index (χ0) is 9.14. The van der Waals surface area contributed by atoms with E-state index in [1.165, 1.54) is 0 Å². The quantitative estimate of drug-likeness (QED) is 0.648. The van der Waals surface area contributed by atoms with Crippen molar-refractivity contribution in [2.24, 2.45) is 5.92 Å². The second kappa shape index (κ2) is 4.01. The van der Waals surface area contributed by atoms with Gasteiger partial charge in [-0.15, -0.1) is 0 Å². The predicted molar refractivity (Wildman–Crippen MR) is 46.9 cm³/mol. The molecule has 0 aromatic carbocycles. The van der Waals surface area contributed by atoms with Crippen molar-refractivity contribution in [2.75, 3.05) is 19.7 Å². The number of nitrogens with zero attached hydrogens (tertiary/aromatic N) is 1. The van der Waals surface area contributed by atoms with Crippen molar-refractivity contribution in [3.8, 4) is 0 Å². The molecule has 1 fully saturated rings. The van der Waals surface area contributed by atoms with Crippen LogP contribution in [0.5, 0.6) is 0 Å². The Balaban J connectivity index is 2.52. The number of aliphatic hydroxyl groups excluding tert-OH is 1. The minimum atomic E-state index is 0.130. The number of β-amino-alcohol motifs (C(OH)–C–C–N with tert-alkyl or cyclic N) is 1. The molecule has 0 unspecified atom stereocenters. The molecule has 12 heavy (non-hydrogen) atoms. The lowest BCUT2D eigenvalue weighted by molar-refractivity contribution is -0.128. The van der Waals surface area contributed by atoms with Gasteiger partial charge in [0, 0.05) is 31.5 Å². The lowest BCUT2D eigenvalue weighted by Gasteiger charge is -2.36. The van der Waals surface area contributed by atoms with Crippen LogP contribution < -0.4 is 0 Å². The predicted octanol–water partition coefficient (Wildman–Crippen LogP) is 0.278. The molecule has 0 bridgehead atoms. The van der Waals surface area contributed by atoms with Crippen LogP contribution in [0.25, 0.3) is 0 Å². The Morgan fingerprint density at radius 3 is 2.83 bits per heavy atom. The molecule has 0 spiro atoms.